The van der Waals surface area contributed by atoms with E-state index in [4.69, 9.17) is 17.2 Å². The van der Waals surface area contributed by atoms with Crippen LogP contribution in [0.2, 0.25) is 0 Å². The minimum absolute atomic E-state index is 0.0409. The molecule has 1 heterocycles. The van der Waals surface area contributed by atoms with E-state index in [1.54, 1.807) is 0 Å². The Kier molecular flexibility index (Phi) is 27.3. The molecule has 0 saturated heterocycles. The number of carbonyl (C=O) groups is 11. The highest BCUT2D eigenvalue weighted by Crippen LogP contribution is 2.08. The minimum Gasteiger partial charge on any atom is -0.481 e. The number of nitrogens with two attached hydrogens (primary N) is 3. The minimum atomic E-state index is -1.79. The average Bonchev–Trinajstić information content (AvgIpc) is 3.80. The number of unbranched alkanes of at least 4 members (excludes halogenated alkanes) is 1. The molecule has 376 valence electrons. The lowest BCUT2D eigenvalue weighted by molar-refractivity contribution is -0.142. The summed E-state index contributed by atoms with van der Waals surface area (Å²) in [6, 6.07) is -13.7. The molecule has 0 unspecified atom stereocenters. The zero-order valence-electron chi connectivity index (χ0n) is 36.4. The van der Waals surface area contributed by atoms with E-state index in [2.05, 4.69) is 77.8 Å². The molecule has 9 amide bonds. The maximum Gasteiger partial charge on any atom is 0.327 e. The van der Waals surface area contributed by atoms with Gasteiger partial charge in [-0.3, -0.25) is 47.9 Å². The Morgan fingerprint density at radius 1 is 0.612 bits per heavy atom. The van der Waals surface area contributed by atoms with E-state index >= 15 is 0 Å². The fraction of sp³-hybridized carbons (Fsp3) is 0.622. The molecule has 0 aliphatic heterocycles. The van der Waals surface area contributed by atoms with E-state index in [9.17, 15) is 73.2 Å². The predicted molar refractivity (Wildman–Crippen MR) is 239 cm³/mol. The summed E-state index contributed by atoms with van der Waals surface area (Å²) in [5.41, 5.74) is 16.7. The molecule has 19 N–H and O–H groups in total. The predicted octanol–water partition coefficient (Wildman–Crippen LogP) is -7.63. The third-order valence-corrected chi connectivity index (χ3v) is 10.3. The Balaban J connectivity index is 3.27. The van der Waals surface area contributed by atoms with E-state index in [1.165, 1.54) is 19.4 Å². The number of nitrogens with zero attached hydrogens (tertiary/aromatic N) is 1. The monoisotopic (exact) mass is 991 g/mol. The normalized spacial score (nSPS) is 15.0. The summed E-state index contributed by atoms with van der Waals surface area (Å²) in [5, 5.41) is 56.8. The summed E-state index contributed by atoms with van der Waals surface area (Å²) in [6.07, 6.45) is 0.862. The summed E-state index contributed by atoms with van der Waals surface area (Å²) in [4.78, 5) is 147. The number of nitrogens with one attached hydrogen (secondary N) is 9. The first kappa shape index (κ1) is 58.9. The van der Waals surface area contributed by atoms with Crippen molar-refractivity contribution in [2.24, 2.45) is 17.2 Å². The van der Waals surface area contributed by atoms with Crippen molar-refractivity contribution < 1.29 is 73.2 Å². The first-order chi connectivity index (χ1) is 31.6. The molecule has 28 nitrogen and oxygen atoms in total. The van der Waals surface area contributed by atoms with Gasteiger partial charge in [-0.2, -0.15) is 25.3 Å². The lowest BCUT2D eigenvalue weighted by Crippen LogP contribution is -2.61. The zero-order valence-corrected chi connectivity index (χ0v) is 38.2. The van der Waals surface area contributed by atoms with Gasteiger partial charge in [-0.05, 0) is 45.6 Å². The molecule has 0 fully saturated rings. The largest absolute Gasteiger partial charge is 0.481 e. The molecule has 0 saturated carbocycles. The number of hydrogen-bond donors (Lipinski definition) is 18. The van der Waals surface area contributed by atoms with Crippen molar-refractivity contribution in [3.63, 3.8) is 0 Å². The molecule has 0 spiro atoms. The van der Waals surface area contributed by atoms with Crippen molar-refractivity contribution in [3.8, 4) is 0 Å². The topological polar surface area (TPSA) is 472 Å². The van der Waals surface area contributed by atoms with Crippen LogP contribution in [0.4, 0.5) is 0 Å². The standard InChI is InChI=1S/C37H61N13O15S2/c1-17(29(56)44-20(4-2-3-9-38)31(58)48-25(13-52)36(63)50-26(15-67)37(64)65)43-35(62)24(12-51)49-34(61)23(10-18-11-41-16-42-18)47-33(60)22(6-8-28(54)55)46-32(59)21(5-7-27(40)53)45-30(57)19(39)14-66/h11,16-17,19-26,51-52,66-67H,2-10,12-15,38-39H2,1H3,(H2,40,53)(H,41,42)(H,43,62)(H,44,56)(H,45,57)(H,46,59)(H,47,60)(H,48,58)(H,49,61)(H,50,63)(H,54,55)(H,64,65)/t17-,19-,20-,21-,22-,23-,24-,25-,26-/m0/s1. The highest BCUT2D eigenvalue weighted by Gasteiger charge is 2.34. The number of aromatic amines is 1. The number of carbonyl (C=O) groups excluding carboxylic acids is 9. The van der Waals surface area contributed by atoms with Crippen molar-refractivity contribution in [1.82, 2.24) is 52.5 Å². The second kappa shape index (κ2) is 31.0. The van der Waals surface area contributed by atoms with Gasteiger partial charge >= 0.3 is 11.9 Å². The number of carboxylic acids is 2. The first-order valence-electron chi connectivity index (χ1n) is 20.6. The highest BCUT2D eigenvalue weighted by atomic mass is 32.1. The Morgan fingerprint density at radius 3 is 1.52 bits per heavy atom. The summed E-state index contributed by atoms with van der Waals surface area (Å²) in [6.45, 7) is -0.609. The van der Waals surface area contributed by atoms with Gasteiger partial charge in [0, 0.05) is 42.7 Å². The lowest BCUT2D eigenvalue weighted by Gasteiger charge is -2.27. The SMILES string of the molecule is C[C@H](NC(=O)[C@H](CO)NC(=O)[C@H](Cc1cnc[nH]1)NC(=O)[C@H](CCC(=O)O)NC(=O)[C@H](CCC(N)=O)NC(=O)[C@@H](N)CS)C(=O)N[C@@H](CCCCN)C(=O)N[C@@H](CO)C(=O)N[C@@H](CS)C(=O)O. The van der Waals surface area contributed by atoms with Crippen molar-refractivity contribution >= 4 is 90.4 Å². The summed E-state index contributed by atoms with van der Waals surface area (Å²) in [5.74, 6) is -12.3. The molecule has 67 heavy (non-hydrogen) atoms. The first-order valence-corrected chi connectivity index (χ1v) is 21.9. The molecule has 0 aliphatic carbocycles. The number of thiol groups is 2. The smallest absolute Gasteiger partial charge is 0.327 e. The van der Waals surface area contributed by atoms with Crippen LogP contribution in [0, 0.1) is 0 Å². The van der Waals surface area contributed by atoms with Crippen LogP contribution in [0.25, 0.3) is 0 Å². The van der Waals surface area contributed by atoms with Crippen molar-refractivity contribution in [1.29, 1.82) is 0 Å². The van der Waals surface area contributed by atoms with Crippen LogP contribution in [0.5, 0.6) is 0 Å². The number of carboxylic acid groups (broad SMARTS) is 2. The maximum absolute atomic E-state index is 13.7. The van der Waals surface area contributed by atoms with Crippen LogP contribution in [0.3, 0.4) is 0 Å². The number of primary amides is 1. The Labute approximate surface area is 394 Å². The van der Waals surface area contributed by atoms with Crippen LogP contribution in [-0.2, 0) is 59.2 Å². The average molecular weight is 992 g/mol. The Bertz CT molecular complexity index is 1860. The van der Waals surface area contributed by atoms with Crippen LogP contribution in [0.15, 0.2) is 12.5 Å². The molecule has 0 aliphatic rings. The van der Waals surface area contributed by atoms with E-state index in [-0.39, 0.29) is 49.4 Å². The van der Waals surface area contributed by atoms with E-state index in [1.807, 2.05) is 0 Å². The number of imidazole rings is 1. The van der Waals surface area contributed by atoms with Crippen molar-refractivity contribution in [3.05, 3.63) is 18.2 Å². The van der Waals surface area contributed by atoms with Gasteiger partial charge in [0.25, 0.3) is 0 Å². The fourth-order valence-electron chi connectivity index (χ4n) is 5.65. The number of aliphatic hydroxyl groups is 2. The molecule has 0 aromatic carbocycles. The Morgan fingerprint density at radius 2 is 1.06 bits per heavy atom. The van der Waals surface area contributed by atoms with Gasteiger partial charge in [0.15, 0.2) is 0 Å². The fourth-order valence-corrected chi connectivity index (χ4v) is 6.07. The molecule has 1 rings (SSSR count). The number of rotatable bonds is 33. The third-order valence-electron chi connectivity index (χ3n) is 9.50. The number of hydrogen-bond acceptors (Lipinski definition) is 18. The maximum atomic E-state index is 13.7. The van der Waals surface area contributed by atoms with Gasteiger partial charge < -0.3 is 85.1 Å². The van der Waals surface area contributed by atoms with Crippen LogP contribution in [0.1, 0.15) is 57.6 Å². The van der Waals surface area contributed by atoms with Crippen LogP contribution < -0.4 is 59.7 Å². The van der Waals surface area contributed by atoms with E-state index in [0.29, 0.717) is 6.42 Å². The molecule has 1 aromatic rings. The number of aliphatic hydroxyl groups excluding tert-OH is 2. The molecule has 30 heteroatoms. The van der Waals surface area contributed by atoms with Crippen molar-refractivity contribution in [2.45, 2.75) is 113 Å². The molecule has 1 aromatic heterocycles. The van der Waals surface area contributed by atoms with E-state index < -0.39 is 152 Å². The summed E-state index contributed by atoms with van der Waals surface area (Å²) in [7, 11) is 0. The van der Waals surface area contributed by atoms with Gasteiger partial charge in [-0.15, -0.1) is 0 Å². The highest BCUT2D eigenvalue weighted by molar-refractivity contribution is 7.80. The quantitative estimate of drug-likeness (QED) is 0.0230. The number of aromatic nitrogens is 2. The molecular weight excluding hydrogens is 931 g/mol. The Hall–Kier alpha value is -6.08. The van der Waals surface area contributed by atoms with Crippen LogP contribution >= 0.6 is 25.3 Å². The number of amides is 9. The van der Waals surface area contributed by atoms with Crippen LogP contribution in [-0.4, -0.2) is 181 Å². The summed E-state index contributed by atoms with van der Waals surface area (Å²) >= 11 is 7.79. The molecule has 9 atom stereocenters. The second-order valence-electron chi connectivity index (χ2n) is 14.8. The zero-order chi connectivity index (χ0) is 50.8. The molecular formula is C37H61N13O15S2. The van der Waals surface area contributed by atoms with Gasteiger partial charge in [0.1, 0.15) is 48.3 Å². The lowest BCUT2D eigenvalue weighted by atomic mass is 10.1. The van der Waals surface area contributed by atoms with Gasteiger partial charge in [-0.25, -0.2) is 9.78 Å². The van der Waals surface area contributed by atoms with Gasteiger partial charge in [0.2, 0.25) is 53.2 Å². The molecule has 0 radical (unpaired) electrons. The van der Waals surface area contributed by atoms with Gasteiger partial charge in [0.05, 0.1) is 25.6 Å². The molecule has 0 bridgehead atoms. The second-order valence-corrected chi connectivity index (χ2v) is 15.6. The summed E-state index contributed by atoms with van der Waals surface area (Å²) < 4.78 is 0. The number of aliphatic carboxylic acids is 2. The van der Waals surface area contributed by atoms with Crippen molar-refractivity contribution in [2.75, 3.05) is 31.3 Å². The third kappa shape index (κ3) is 21.8. The number of H-pyrrole nitrogens is 1. The van der Waals surface area contributed by atoms with Gasteiger partial charge in [-0.1, -0.05) is 0 Å². The van der Waals surface area contributed by atoms with E-state index in [0.717, 1.165) is 0 Å².